The van der Waals surface area contributed by atoms with E-state index in [4.69, 9.17) is 0 Å². The average Bonchev–Trinajstić information content (AvgIpc) is 3.19. The van der Waals surface area contributed by atoms with E-state index in [2.05, 4.69) is 23.6 Å². The third-order valence-electron chi connectivity index (χ3n) is 5.18. The Balaban J connectivity index is 1.94. The van der Waals surface area contributed by atoms with Gasteiger partial charge in [0, 0.05) is 17.9 Å². The van der Waals surface area contributed by atoms with Crippen molar-refractivity contribution in [2.24, 2.45) is 0 Å². The molecule has 0 aliphatic carbocycles. The van der Waals surface area contributed by atoms with Gasteiger partial charge in [0.15, 0.2) is 0 Å². The first-order valence-corrected chi connectivity index (χ1v) is 8.69. The second kappa shape index (κ2) is 6.75. The molecule has 1 unspecified atom stereocenters. The maximum Gasteiger partial charge on any atom is 0.326 e. The summed E-state index contributed by atoms with van der Waals surface area (Å²) in [6.45, 7) is 6.54. The third kappa shape index (κ3) is 3.06. The van der Waals surface area contributed by atoms with Gasteiger partial charge >= 0.3 is 5.97 Å². The summed E-state index contributed by atoms with van der Waals surface area (Å²) in [5.41, 5.74) is 3.67. The Kier molecular flexibility index (Phi) is 4.66. The first-order chi connectivity index (χ1) is 11.9. The number of aromatic nitrogens is 1. The van der Waals surface area contributed by atoms with Crippen molar-refractivity contribution in [2.75, 3.05) is 6.54 Å². The van der Waals surface area contributed by atoms with E-state index in [-0.39, 0.29) is 11.9 Å². The summed E-state index contributed by atoms with van der Waals surface area (Å²) in [6, 6.07) is 11.4. The van der Waals surface area contributed by atoms with Crippen LogP contribution in [0.25, 0.3) is 0 Å². The predicted octanol–water partition coefficient (Wildman–Crippen LogP) is 3.40. The van der Waals surface area contributed by atoms with Crippen molar-refractivity contribution in [1.82, 2.24) is 9.47 Å². The van der Waals surface area contributed by atoms with Gasteiger partial charge in [-0.05, 0) is 45.2 Å². The normalized spacial score (nSPS) is 18.4. The summed E-state index contributed by atoms with van der Waals surface area (Å²) >= 11 is 0. The zero-order valence-corrected chi connectivity index (χ0v) is 14.9. The van der Waals surface area contributed by atoms with Gasteiger partial charge < -0.3 is 14.6 Å². The van der Waals surface area contributed by atoms with E-state index < -0.39 is 12.0 Å². The van der Waals surface area contributed by atoms with Crippen LogP contribution in [0.4, 0.5) is 0 Å². The van der Waals surface area contributed by atoms with E-state index in [9.17, 15) is 14.7 Å². The van der Waals surface area contributed by atoms with Crippen LogP contribution in [0.1, 0.15) is 53.1 Å². The van der Waals surface area contributed by atoms with E-state index in [1.54, 1.807) is 0 Å². The fraction of sp³-hybridized carbons (Fsp3) is 0.400. The fourth-order valence-corrected chi connectivity index (χ4v) is 3.89. The second-order valence-corrected chi connectivity index (χ2v) is 6.74. The number of amides is 1. The molecular weight excluding hydrogens is 316 g/mol. The SMILES string of the molecule is Cc1cc(C(=O)N2CCC[C@@H]2C(=O)O)c(C)n1C(C)c1ccccc1. The summed E-state index contributed by atoms with van der Waals surface area (Å²) < 4.78 is 2.15. The summed E-state index contributed by atoms with van der Waals surface area (Å²) in [6.07, 6.45) is 1.27. The Labute approximate surface area is 147 Å². The molecule has 3 rings (SSSR count). The van der Waals surface area contributed by atoms with Gasteiger partial charge in [0.2, 0.25) is 0 Å². The number of rotatable bonds is 4. The standard InChI is InChI=1S/C20H24N2O3/c1-13-12-17(19(23)21-11-7-10-18(21)20(24)25)15(3)22(13)14(2)16-8-5-4-6-9-16/h4-6,8-9,12,14,18H,7,10-11H2,1-3H3,(H,24,25)/t14?,18-/m1/s1. The highest BCUT2D eigenvalue weighted by molar-refractivity contribution is 5.98. The summed E-state index contributed by atoms with van der Waals surface area (Å²) in [4.78, 5) is 25.9. The molecular formula is C20H24N2O3. The highest BCUT2D eigenvalue weighted by Gasteiger charge is 2.35. The van der Waals surface area contributed by atoms with Gasteiger partial charge in [-0.2, -0.15) is 0 Å². The van der Waals surface area contributed by atoms with Crippen LogP contribution in [0.15, 0.2) is 36.4 Å². The van der Waals surface area contributed by atoms with Crippen LogP contribution in [0.2, 0.25) is 0 Å². The number of carboxylic acid groups (broad SMARTS) is 1. The van der Waals surface area contributed by atoms with Gasteiger partial charge in [-0.25, -0.2) is 4.79 Å². The number of aliphatic carboxylic acids is 1. The van der Waals surface area contributed by atoms with Gasteiger partial charge in [0.1, 0.15) is 6.04 Å². The van der Waals surface area contributed by atoms with E-state index in [0.717, 1.165) is 17.8 Å². The summed E-state index contributed by atoms with van der Waals surface area (Å²) in [5, 5.41) is 9.35. The van der Waals surface area contributed by atoms with Crippen molar-refractivity contribution >= 4 is 11.9 Å². The maximum absolute atomic E-state index is 13.0. The lowest BCUT2D eigenvalue weighted by molar-refractivity contribution is -0.141. The molecule has 132 valence electrons. The monoisotopic (exact) mass is 340 g/mol. The number of carbonyl (C=O) groups is 2. The van der Waals surface area contributed by atoms with Crippen molar-refractivity contribution < 1.29 is 14.7 Å². The Hall–Kier alpha value is -2.56. The predicted molar refractivity (Wildman–Crippen MR) is 95.9 cm³/mol. The van der Waals surface area contributed by atoms with E-state index in [1.807, 2.05) is 38.1 Å². The number of hydrogen-bond acceptors (Lipinski definition) is 2. The molecule has 0 bridgehead atoms. The lowest BCUT2D eigenvalue weighted by Crippen LogP contribution is -2.40. The van der Waals surface area contributed by atoms with Crippen molar-refractivity contribution in [3.63, 3.8) is 0 Å². The van der Waals surface area contributed by atoms with Gasteiger partial charge in [0.25, 0.3) is 5.91 Å². The number of hydrogen-bond donors (Lipinski definition) is 1. The van der Waals surface area contributed by atoms with Crippen LogP contribution in [0.3, 0.4) is 0 Å². The van der Waals surface area contributed by atoms with Crippen molar-refractivity contribution in [3.8, 4) is 0 Å². The van der Waals surface area contributed by atoms with Crippen LogP contribution in [0.5, 0.6) is 0 Å². The summed E-state index contributed by atoms with van der Waals surface area (Å²) in [7, 11) is 0. The molecule has 2 aromatic rings. The molecule has 1 N–H and O–H groups in total. The molecule has 0 saturated carbocycles. The third-order valence-corrected chi connectivity index (χ3v) is 5.18. The highest BCUT2D eigenvalue weighted by atomic mass is 16.4. The van der Waals surface area contributed by atoms with Crippen LogP contribution >= 0.6 is 0 Å². The number of aryl methyl sites for hydroxylation is 1. The maximum atomic E-state index is 13.0. The Morgan fingerprint density at radius 1 is 1.20 bits per heavy atom. The molecule has 1 aromatic carbocycles. The molecule has 1 aliphatic heterocycles. The minimum Gasteiger partial charge on any atom is -0.480 e. The van der Waals surface area contributed by atoms with Gasteiger partial charge in [0.05, 0.1) is 11.6 Å². The van der Waals surface area contributed by atoms with Gasteiger partial charge in [-0.3, -0.25) is 4.79 Å². The van der Waals surface area contributed by atoms with E-state index in [0.29, 0.717) is 18.5 Å². The zero-order chi connectivity index (χ0) is 18.1. The molecule has 1 saturated heterocycles. The molecule has 1 aromatic heterocycles. The Bertz CT molecular complexity index is 795. The van der Waals surface area contributed by atoms with Crippen molar-refractivity contribution in [1.29, 1.82) is 0 Å². The zero-order valence-electron chi connectivity index (χ0n) is 14.9. The van der Waals surface area contributed by atoms with Gasteiger partial charge in [-0.1, -0.05) is 30.3 Å². The number of carboxylic acids is 1. The lowest BCUT2D eigenvalue weighted by Gasteiger charge is -2.22. The summed E-state index contributed by atoms with van der Waals surface area (Å²) in [5.74, 6) is -1.10. The molecule has 1 aliphatic rings. The van der Waals surface area contributed by atoms with Gasteiger partial charge in [-0.15, -0.1) is 0 Å². The topological polar surface area (TPSA) is 62.5 Å². The second-order valence-electron chi connectivity index (χ2n) is 6.74. The largest absolute Gasteiger partial charge is 0.480 e. The molecule has 5 heteroatoms. The Morgan fingerprint density at radius 3 is 2.52 bits per heavy atom. The average molecular weight is 340 g/mol. The molecule has 5 nitrogen and oxygen atoms in total. The van der Waals surface area contributed by atoms with E-state index >= 15 is 0 Å². The van der Waals surface area contributed by atoms with Crippen LogP contribution in [-0.2, 0) is 4.79 Å². The van der Waals surface area contributed by atoms with Crippen molar-refractivity contribution in [3.05, 3.63) is 58.9 Å². The first kappa shape index (κ1) is 17.3. The molecule has 0 radical (unpaired) electrons. The first-order valence-electron chi connectivity index (χ1n) is 8.69. The number of carbonyl (C=O) groups excluding carboxylic acids is 1. The quantitative estimate of drug-likeness (QED) is 0.928. The number of likely N-dealkylation sites (tertiary alicyclic amines) is 1. The fourth-order valence-electron chi connectivity index (χ4n) is 3.89. The smallest absolute Gasteiger partial charge is 0.326 e. The number of nitrogens with zero attached hydrogens (tertiary/aromatic N) is 2. The minimum absolute atomic E-state index is 0.108. The van der Waals surface area contributed by atoms with E-state index in [1.165, 1.54) is 10.5 Å². The minimum atomic E-state index is -0.919. The van der Waals surface area contributed by atoms with Crippen LogP contribution in [0, 0.1) is 13.8 Å². The lowest BCUT2D eigenvalue weighted by atomic mass is 10.1. The molecule has 2 heterocycles. The molecule has 0 spiro atoms. The molecule has 2 atom stereocenters. The number of benzene rings is 1. The Morgan fingerprint density at radius 2 is 1.88 bits per heavy atom. The molecule has 25 heavy (non-hydrogen) atoms. The molecule has 1 fully saturated rings. The molecule has 1 amide bonds. The van der Waals surface area contributed by atoms with Crippen molar-refractivity contribution in [2.45, 2.75) is 45.7 Å². The highest BCUT2D eigenvalue weighted by Crippen LogP contribution is 2.28. The van der Waals surface area contributed by atoms with Crippen LogP contribution < -0.4 is 0 Å². The van der Waals surface area contributed by atoms with Crippen LogP contribution in [-0.4, -0.2) is 39.0 Å².